The molecule has 0 unspecified atom stereocenters. The van der Waals surface area contributed by atoms with E-state index in [1.807, 2.05) is 41.1 Å². The van der Waals surface area contributed by atoms with E-state index < -0.39 is 6.09 Å². The van der Waals surface area contributed by atoms with Crippen LogP contribution in [0.15, 0.2) is 59.4 Å². The van der Waals surface area contributed by atoms with E-state index >= 15 is 0 Å². The van der Waals surface area contributed by atoms with E-state index in [-0.39, 0.29) is 13.6 Å². The summed E-state index contributed by atoms with van der Waals surface area (Å²) in [5, 5.41) is 5.38. The average molecular weight is 362 g/mol. The van der Waals surface area contributed by atoms with Crippen LogP contribution in [0.3, 0.4) is 0 Å². The summed E-state index contributed by atoms with van der Waals surface area (Å²) < 4.78 is 15.6. The van der Waals surface area contributed by atoms with Crippen molar-refractivity contribution in [2.75, 3.05) is 18.5 Å². The molecule has 0 atom stereocenters. The van der Waals surface area contributed by atoms with E-state index in [4.69, 9.17) is 14.2 Å². The molecule has 24 heavy (non-hydrogen) atoms. The van der Waals surface area contributed by atoms with Crippen molar-refractivity contribution in [2.24, 2.45) is 0 Å². The molecule has 0 saturated carbocycles. The van der Waals surface area contributed by atoms with E-state index in [2.05, 4.69) is 4.98 Å². The number of ether oxygens (including phenoxy) is 3. The van der Waals surface area contributed by atoms with Crippen LogP contribution >= 0.6 is 22.7 Å². The molecule has 3 rings (SSSR count). The third kappa shape index (κ3) is 4.31. The Morgan fingerprint density at radius 1 is 1.00 bits per heavy atom. The van der Waals surface area contributed by atoms with Gasteiger partial charge in [-0.3, -0.25) is 0 Å². The van der Waals surface area contributed by atoms with E-state index in [9.17, 15) is 4.79 Å². The van der Waals surface area contributed by atoms with Crippen molar-refractivity contribution in [3.8, 4) is 5.88 Å². The Bertz CT molecular complexity index is 699. The largest absolute Gasteiger partial charge is 0.450 e. The molecule has 0 N–H and O–H groups in total. The highest BCUT2D eigenvalue weighted by Gasteiger charge is 2.21. The first-order valence-electron chi connectivity index (χ1n) is 7.00. The van der Waals surface area contributed by atoms with Crippen molar-refractivity contribution in [1.29, 1.82) is 0 Å². The van der Waals surface area contributed by atoms with Crippen molar-refractivity contribution in [3.05, 3.63) is 59.4 Å². The Morgan fingerprint density at radius 2 is 1.75 bits per heavy atom. The van der Waals surface area contributed by atoms with Gasteiger partial charge in [0, 0.05) is 12.3 Å². The van der Waals surface area contributed by atoms with Gasteiger partial charge in [0.2, 0.25) is 5.88 Å². The standard InChI is InChI=1S/C16H14N2O4S2/c19-16(22-12-20-11-21-13-5-1-2-8-17-13)18(14-6-3-9-23-14)15-7-4-10-24-15/h1-10H,11-12H2. The number of thiophene rings is 2. The van der Waals surface area contributed by atoms with Gasteiger partial charge in [-0.2, -0.15) is 0 Å². The Hall–Kier alpha value is -2.42. The van der Waals surface area contributed by atoms with Gasteiger partial charge in [0.1, 0.15) is 10.0 Å². The van der Waals surface area contributed by atoms with Crippen LogP contribution in [0.5, 0.6) is 5.88 Å². The maximum Gasteiger partial charge on any atom is 0.422 e. The molecule has 0 aliphatic rings. The van der Waals surface area contributed by atoms with Gasteiger partial charge in [0.25, 0.3) is 0 Å². The van der Waals surface area contributed by atoms with Crippen molar-refractivity contribution >= 4 is 38.8 Å². The first-order valence-corrected chi connectivity index (χ1v) is 8.76. The molecule has 0 saturated heterocycles. The number of rotatable bonds is 7. The molecule has 3 heterocycles. The summed E-state index contributed by atoms with van der Waals surface area (Å²) in [4.78, 5) is 17.9. The zero-order chi connectivity index (χ0) is 16.6. The highest BCUT2D eigenvalue weighted by Crippen LogP contribution is 2.33. The van der Waals surface area contributed by atoms with Crippen LogP contribution in [0.25, 0.3) is 0 Å². The Morgan fingerprint density at radius 3 is 2.33 bits per heavy atom. The minimum Gasteiger partial charge on any atom is -0.450 e. The maximum absolute atomic E-state index is 12.4. The molecular formula is C16H14N2O4S2. The van der Waals surface area contributed by atoms with E-state index in [0.29, 0.717) is 5.88 Å². The van der Waals surface area contributed by atoms with Crippen LogP contribution < -0.4 is 9.64 Å². The van der Waals surface area contributed by atoms with Gasteiger partial charge in [0.05, 0.1) is 0 Å². The fraction of sp³-hybridized carbons (Fsp3) is 0.125. The van der Waals surface area contributed by atoms with Crippen LogP contribution in [-0.4, -0.2) is 24.7 Å². The fourth-order valence-electron chi connectivity index (χ4n) is 1.81. The summed E-state index contributed by atoms with van der Waals surface area (Å²) >= 11 is 2.91. The van der Waals surface area contributed by atoms with Gasteiger partial charge in [0.15, 0.2) is 13.6 Å². The summed E-state index contributed by atoms with van der Waals surface area (Å²) in [5.74, 6) is 0.447. The highest BCUT2D eigenvalue weighted by atomic mass is 32.1. The minimum absolute atomic E-state index is 0.0533. The second-order valence-electron chi connectivity index (χ2n) is 4.40. The van der Waals surface area contributed by atoms with Gasteiger partial charge >= 0.3 is 6.09 Å². The van der Waals surface area contributed by atoms with Crippen molar-refractivity contribution in [2.45, 2.75) is 0 Å². The third-order valence-electron chi connectivity index (χ3n) is 2.83. The molecule has 124 valence electrons. The van der Waals surface area contributed by atoms with Crippen LogP contribution in [0.4, 0.5) is 14.8 Å². The Balaban J connectivity index is 1.49. The van der Waals surface area contributed by atoms with Crippen molar-refractivity contribution < 1.29 is 19.0 Å². The highest BCUT2D eigenvalue weighted by molar-refractivity contribution is 7.16. The SMILES string of the molecule is O=C(OCOCOc1ccccn1)N(c1cccs1)c1cccs1. The van der Waals surface area contributed by atoms with Crippen LogP contribution in [0.2, 0.25) is 0 Å². The van der Waals surface area contributed by atoms with Crippen LogP contribution in [-0.2, 0) is 9.47 Å². The molecule has 6 nitrogen and oxygen atoms in total. The number of anilines is 2. The van der Waals surface area contributed by atoms with Crippen molar-refractivity contribution in [3.63, 3.8) is 0 Å². The van der Waals surface area contributed by atoms with Gasteiger partial charge in [-0.25, -0.2) is 14.7 Å². The zero-order valence-electron chi connectivity index (χ0n) is 12.5. The second kappa shape index (κ2) is 8.44. The number of aromatic nitrogens is 1. The van der Waals surface area contributed by atoms with E-state index in [0.717, 1.165) is 10.0 Å². The molecule has 0 spiro atoms. The lowest BCUT2D eigenvalue weighted by Gasteiger charge is -2.18. The number of carbonyl (C=O) groups excluding carboxylic acids is 1. The molecule has 0 bridgehead atoms. The van der Waals surface area contributed by atoms with Crippen LogP contribution in [0, 0.1) is 0 Å². The smallest absolute Gasteiger partial charge is 0.422 e. The molecule has 8 heteroatoms. The molecule has 0 aliphatic heterocycles. The molecule has 0 aromatic carbocycles. The van der Waals surface area contributed by atoms with Gasteiger partial charge in [-0.05, 0) is 41.1 Å². The topological polar surface area (TPSA) is 60.9 Å². The Kier molecular flexibility index (Phi) is 5.78. The quantitative estimate of drug-likeness (QED) is 0.458. The lowest BCUT2D eigenvalue weighted by atomic mass is 10.5. The van der Waals surface area contributed by atoms with Crippen molar-refractivity contribution in [1.82, 2.24) is 4.98 Å². The first kappa shape index (κ1) is 16.4. The second-order valence-corrected chi connectivity index (χ2v) is 6.25. The number of pyridine rings is 1. The third-order valence-corrected chi connectivity index (χ3v) is 4.54. The fourth-order valence-corrected chi connectivity index (χ4v) is 3.33. The minimum atomic E-state index is -0.502. The number of amides is 1. The molecule has 0 radical (unpaired) electrons. The summed E-state index contributed by atoms with van der Waals surface area (Å²) in [7, 11) is 0. The molecule has 0 aliphatic carbocycles. The predicted octanol–water partition coefficient (Wildman–Crippen LogP) is 4.49. The number of carbonyl (C=O) groups is 1. The number of hydrogen-bond acceptors (Lipinski definition) is 7. The number of hydrogen-bond donors (Lipinski definition) is 0. The molecule has 1 amide bonds. The lowest BCUT2D eigenvalue weighted by molar-refractivity contribution is -0.0699. The first-order chi connectivity index (χ1) is 11.8. The summed E-state index contributed by atoms with van der Waals surface area (Å²) in [6.45, 7) is -0.263. The predicted molar refractivity (Wildman–Crippen MR) is 92.9 cm³/mol. The van der Waals surface area contributed by atoms with Gasteiger partial charge < -0.3 is 14.2 Å². The Labute approximate surface area is 146 Å². The summed E-state index contributed by atoms with van der Waals surface area (Å²) in [5.41, 5.74) is 0. The van der Waals surface area contributed by atoms with Gasteiger partial charge in [-0.15, -0.1) is 22.7 Å². The number of nitrogens with zero attached hydrogens (tertiary/aromatic N) is 2. The molecular weight excluding hydrogens is 348 g/mol. The average Bonchev–Trinajstić information content (AvgIpc) is 3.30. The molecule has 3 aromatic heterocycles. The monoisotopic (exact) mass is 362 g/mol. The van der Waals surface area contributed by atoms with E-state index in [1.165, 1.54) is 27.6 Å². The van der Waals surface area contributed by atoms with E-state index in [1.54, 1.807) is 18.3 Å². The van der Waals surface area contributed by atoms with Crippen LogP contribution in [0.1, 0.15) is 0 Å². The summed E-state index contributed by atoms with van der Waals surface area (Å²) in [6.07, 6.45) is 1.12. The molecule has 0 fully saturated rings. The summed E-state index contributed by atoms with van der Waals surface area (Å²) in [6, 6.07) is 12.8. The lowest BCUT2D eigenvalue weighted by Crippen LogP contribution is -2.26. The maximum atomic E-state index is 12.4. The molecule has 3 aromatic rings. The zero-order valence-corrected chi connectivity index (χ0v) is 14.2. The normalized spacial score (nSPS) is 10.3. The van der Waals surface area contributed by atoms with Gasteiger partial charge in [-0.1, -0.05) is 6.07 Å².